The van der Waals surface area contributed by atoms with E-state index in [1.807, 2.05) is 12.3 Å². The molecule has 1 aromatic heterocycles. The summed E-state index contributed by atoms with van der Waals surface area (Å²) < 4.78 is 5.61. The zero-order valence-corrected chi connectivity index (χ0v) is 10.1. The third-order valence-electron chi connectivity index (χ3n) is 3.77. The van der Waals surface area contributed by atoms with Crippen molar-refractivity contribution in [1.29, 1.82) is 0 Å². The van der Waals surface area contributed by atoms with Crippen LogP contribution in [0, 0.1) is 6.92 Å². The molecule has 1 atom stereocenters. The third kappa shape index (κ3) is 2.11. The Morgan fingerprint density at radius 2 is 2.31 bits per heavy atom. The summed E-state index contributed by atoms with van der Waals surface area (Å²) in [6, 6.07) is 2.05. The highest BCUT2D eigenvalue weighted by molar-refractivity contribution is 5.25. The number of aromatic nitrogens is 1. The van der Waals surface area contributed by atoms with Crippen LogP contribution in [0.2, 0.25) is 0 Å². The highest BCUT2D eigenvalue weighted by Gasteiger charge is 2.38. The van der Waals surface area contributed by atoms with Gasteiger partial charge in [0.05, 0.1) is 5.60 Å². The van der Waals surface area contributed by atoms with Gasteiger partial charge in [-0.15, -0.1) is 0 Å². The lowest BCUT2D eigenvalue weighted by Crippen LogP contribution is -2.42. The van der Waals surface area contributed by atoms with Gasteiger partial charge in [0, 0.05) is 25.5 Å². The van der Waals surface area contributed by atoms with E-state index in [9.17, 15) is 0 Å². The number of ether oxygens (including phenoxy) is 1. The van der Waals surface area contributed by atoms with Gasteiger partial charge in [-0.3, -0.25) is 4.98 Å². The number of pyridine rings is 1. The summed E-state index contributed by atoms with van der Waals surface area (Å²) in [5, 5.41) is 0. The van der Waals surface area contributed by atoms with E-state index in [4.69, 9.17) is 10.5 Å². The average Bonchev–Trinajstić information content (AvgIpc) is 2.24. The lowest BCUT2D eigenvalue weighted by Gasteiger charge is -2.42. The Kier molecular flexibility index (Phi) is 3.26. The molecule has 2 N–H and O–H groups in total. The predicted octanol–water partition coefficient (Wildman–Crippen LogP) is 2.35. The molecule has 1 fully saturated rings. The molecule has 0 aromatic carbocycles. The van der Waals surface area contributed by atoms with Crippen LogP contribution >= 0.6 is 0 Å². The number of aryl methyl sites for hydroxylation is 1. The normalized spacial score (nSPS) is 20.2. The average molecular weight is 220 g/mol. The van der Waals surface area contributed by atoms with Crippen molar-refractivity contribution >= 4 is 0 Å². The Labute approximate surface area is 97.0 Å². The molecule has 1 aliphatic rings. The van der Waals surface area contributed by atoms with Crippen molar-refractivity contribution in [2.24, 2.45) is 5.73 Å². The molecule has 0 saturated heterocycles. The van der Waals surface area contributed by atoms with Gasteiger partial charge in [-0.1, -0.05) is 0 Å². The zero-order valence-electron chi connectivity index (χ0n) is 10.1. The van der Waals surface area contributed by atoms with E-state index in [0.717, 1.165) is 24.8 Å². The first-order valence-corrected chi connectivity index (χ1v) is 5.88. The minimum absolute atomic E-state index is 0.0295. The van der Waals surface area contributed by atoms with E-state index in [1.165, 1.54) is 12.0 Å². The van der Waals surface area contributed by atoms with Crippen LogP contribution in [0.15, 0.2) is 18.5 Å². The standard InChI is InChI=1S/C13H20N2O/c1-10-4-7-15-9-11(10)12(14)8-13(16-2)5-3-6-13/h4,7,9,12H,3,5-6,8,14H2,1-2H3. The van der Waals surface area contributed by atoms with E-state index < -0.39 is 0 Å². The topological polar surface area (TPSA) is 48.1 Å². The summed E-state index contributed by atoms with van der Waals surface area (Å²) in [4.78, 5) is 4.15. The lowest BCUT2D eigenvalue weighted by molar-refractivity contribution is -0.0817. The molecular weight excluding hydrogens is 200 g/mol. The molecule has 0 spiro atoms. The second kappa shape index (κ2) is 4.52. The van der Waals surface area contributed by atoms with Crippen molar-refractivity contribution in [2.75, 3.05) is 7.11 Å². The molecule has 3 heteroatoms. The van der Waals surface area contributed by atoms with Crippen LogP contribution in [0.1, 0.15) is 42.9 Å². The van der Waals surface area contributed by atoms with Crippen molar-refractivity contribution in [2.45, 2.75) is 44.2 Å². The van der Waals surface area contributed by atoms with Gasteiger partial charge in [0.2, 0.25) is 0 Å². The van der Waals surface area contributed by atoms with E-state index in [-0.39, 0.29) is 11.6 Å². The van der Waals surface area contributed by atoms with E-state index in [2.05, 4.69) is 11.9 Å². The van der Waals surface area contributed by atoms with Crippen LogP contribution in [0.25, 0.3) is 0 Å². The first-order chi connectivity index (χ1) is 7.67. The maximum Gasteiger partial charge on any atom is 0.0696 e. The zero-order chi connectivity index (χ0) is 11.6. The van der Waals surface area contributed by atoms with Gasteiger partial charge < -0.3 is 10.5 Å². The smallest absolute Gasteiger partial charge is 0.0696 e. The van der Waals surface area contributed by atoms with Crippen molar-refractivity contribution in [3.8, 4) is 0 Å². The summed E-state index contributed by atoms with van der Waals surface area (Å²) in [6.07, 6.45) is 8.11. The van der Waals surface area contributed by atoms with Crippen LogP contribution in [-0.4, -0.2) is 17.7 Å². The molecule has 1 unspecified atom stereocenters. The first kappa shape index (κ1) is 11.6. The van der Waals surface area contributed by atoms with E-state index in [1.54, 1.807) is 13.3 Å². The molecule has 3 nitrogen and oxygen atoms in total. The van der Waals surface area contributed by atoms with Crippen molar-refractivity contribution in [1.82, 2.24) is 4.98 Å². The molecule has 2 rings (SSSR count). The van der Waals surface area contributed by atoms with Gasteiger partial charge in [-0.05, 0) is 49.8 Å². The Morgan fingerprint density at radius 3 is 2.81 bits per heavy atom. The molecule has 16 heavy (non-hydrogen) atoms. The summed E-state index contributed by atoms with van der Waals surface area (Å²) >= 11 is 0. The maximum atomic E-state index is 6.25. The van der Waals surface area contributed by atoms with Crippen molar-refractivity contribution in [3.05, 3.63) is 29.6 Å². The number of hydrogen-bond donors (Lipinski definition) is 1. The number of rotatable bonds is 4. The summed E-state index contributed by atoms with van der Waals surface area (Å²) in [7, 11) is 1.79. The third-order valence-corrected chi connectivity index (χ3v) is 3.77. The quantitative estimate of drug-likeness (QED) is 0.847. The summed E-state index contributed by atoms with van der Waals surface area (Å²) in [5.74, 6) is 0. The van der Waals surface area contributed by atoms with Crippen molar-refractivity contribution < 1.29 is 4.74 Å². The van der Waals surface area contributed by atoms with Gasteiger partial charge in [0.25, 0.3) is 0 Å². The number of nitrogens with zero attached hydrogens (tertiary/aromatic N) is 1. The fourth-order valence-corrected chi connectivity index (χ4v) is 2.44. The van der Waals surface area contributed by atoms with Crippen LogP contribution in [-0.2, 0) is 4.74 Å². The molecule has 1 heterocycles. The van der Waals surface area contributed by atoms with Gasteiger partial charge in [0.1, 0.15) is 0 Å². The Bertz CT molecular complexity index is 355. The van der Waals surface area contributed by atoms with Crippen LogP contribution in [0.4, 0.5) is 0 Å². The second-order valence-corrected chi connectivity index (χ2v) is 4.78. The second-order valence-electron chi connectivity index (χ2n) is 4.78. The van der Waals surface area contributed by atoms with E-state index in [0.29, 0.717) is 0 Å². The van der Waals surface area contributed by atoms with Crippen LogP contribution < -0.4 is 5.73 Å². The monoisotopic (exact) mass is 220 g/mol. The molecule has 0 aliphatic heterocycles. The molecule has 0 radical (unpaired) electrons. The fraction of sp³-hybridized carbons (Fsp3) is 0.615. The van der Waals surface area contributed by atoms with Crippen LogP contribution in [0.5, 0.6) is 0 Å². The number of methoxy groups -OCH3 is 1. The predicted molar refractivity (Wildman–Crippen MR) is 64.1 cm³/mol. The largest absolute Gasteiger partial charge is 0.378 e. The molecular formula is C13H20N2O. The molecule has 0 bridgehead atoms. The Balaban J connectivity index is 2.08. The summed E-state index contributed by atoms with van der Waals surface area (Å²) in [6.45, 7) is 2.08. The van der Waals surface area contributed by atoms with Gasteiger partial charge >= 0.3 is 0 Å². The molecule has 1 aliphatic carbocycles. The van der Waals surface area contributed by atoms with Crippen molar-refractivity contribution in [3.63, 3.8) is 0 Å². The maximum absolute atomic E-state index is 6.25. The first-order valence-electron chi connectivity index (χ1n) is 5.88. The minimum Gasteiger partial charge on any atom is -0.378 e. The van der Waals surface area contributed by atoms with Crippen LogP contribution in [0.3, 0.4) is 0 Å². The molecule has 88 valence electrons. The summed E-state index contributed by atoms with van der Waals surface area (Å²) in [5.41, 5.74) is 8.64. The lowest BCUT2D eigenvalue weighted by atomic mass is 9.74. The molecule has 1 aromatic rings. The Hall–Kier alpha value is -0.930. The van der Waals surface area contributed by atoms with Gasteiger partial charge in [0.15, 0.2) is 0 Å². The molecule has 0 amide bonds. The highest BCUT2D eigenvalue weighted by atomic mass is 16.5. The Morgan fingerprint density at radius 1 is 1.56 bits per heavy atom. The van der Waals surface area contributed by atoms with Gasteiger partial charge in [-0.2, -0.15) is 0 Å². The minimum atomic E-state index is 0.0295. The number of nitrogens with two attached hydrogens (primary N) is 1. The van der Waals surface area contributed by atoms with Gasteiger partial charge in [-0.25, -0.2) is 0 Å². The number of hydrogen-bond acceptors (Lipinski definition) is 3. The molecule has 1 saturated carbocycles. The highest BCUT2D eigenvalue weighted by Crippen LogP contribution is 2.41. The SMILES string of the molecule is COC1(CC(N)c2cnccc2C)CCC1. The van der Waals surface area contributed by atoms with E-state index >= 15 is 0 Å². The fourth-order valence-electron chi connectivity index (χ4n) is 2.44.